The minimum atomic E-state index is -0.864. The van der Waals surface area contributed by atoms with Crippen molar-refractivity contribution in [3.05, 3.63) is 48.6 Å². The van der Waals surface area contributed by atoms with Crippen LogP contribution in [-0.2, 0) is 4.79 Å². The van der Waals surface area contributed by atoms with Gasteiger partial charge in [-0.2, -0.15) is 0 Å². The second-order valence-electron chi connectivity index (χ2n) is 20.8. The molecular formula is C63H119NO3. The summed E-state index contributed by atoms with van der Waals surface area (Å²) in [6.45, 7) is 4.33. The molecule has 3 N–H and O–H groups in total. The van der Waals surface area contributed by atoms with E-state index in [2.05, 4.69) is 55.6 Å². The predicted octanol–water partition coefficient (Wildman–Crippen LogP) is 20.2. The number of nitrogens with one attached hydrogen (secondary N) is 1. The smallest absolute Gasteiger partial charge is 0.220 e. The van der Waals surface area contributed by atoms with Crippen LogP contribution in [0.5, 0.6) is 0 Å². The van der Waals surface area contributed by atoms with E-state index in [1.54, 1.807) is 6.08 Å². The molecule has 4 heteroatoms. The SMILES string of the molecule is CCCCCCCCCCC/C=C\C/C=C\CCCCCCCCCCCCCCCCCC(=O)NC(CO)C(O)/C=C/CC/C=C/CCCCCCCCCCCCCCCCCCCC. The Morgan fingerprint density at radius 2 is 0.627 bits per heavy atom. The molecule has 4 nitrogen and oxygen atoms in total. The van der Waals surface area contributed by atoms with E-state index in [4.69, 9.17) is 0 Å². The van der Waals surface area contributed by atoms with Crippen molar-refractivity contribution in [1.82, 2.24) is 5.32 Å². The maximum atomic E-state index is 12.5. The minimum absolute atomic E-state index is 0.0700. The highest BCUT2D eigenvalue weighted by molar-refractivity contribution is 5.76. The number of hydrogen-bond donors (Lipinski definition) is 3. The van der Waals surface area contributed by atoms with Crippen molar-refractivity contribution in [1.29, 1.82) is 0 Å². The molecule has 67 heavy (non-hydrogen) atoms. The summed E-state index contributed by atoms with van der Waals surface area (Å²) in [5.41, 5.74) is 0. The van der Waals surface area contributed by atoms with Crippen LogP contribution in [0.1, 0.15) is 328 Å². The molecule has 0 radical (unpaired) electrons. The zero-order chi connectivity index (χ0) is 48.5. The van der Waals surface area contributed by atoms with Gasteiger partial charge in [0.1, 0.15) is 0 Å². The van der Waals surface area contributed by atoms with Gasteiger partial charge in [0.2, 0.25) is 5.91 Å². The molecule has 0 aromatic carbocycles. The first-order chi connectivity index (χ1) is 33.2. The van der Waals surface area contributed by atoms with Crippen LogP contribution in [0.4, 0.5) is 0 Å². The zero-order valence-electron chi connectivity index (χ0n) is 45.4. The zero-order valence-corrected chi connectivity index (χ0v) is 45.4. The van der Waals surface area contributed by atoms with E-state index in [0.717, 1.165) is 38.5 Å². The average molecular weight is 939 g/mol. The lowest BCUT2D eigenvalue weighted by molar-refractivity contribution is -0.123. The molecule has 0 bridgehead atoms. The van der Waals surface area contributed by atoms with Crippen molar-refractivity contribution in [3.63, 3.8) is 0 Å². The molecular weight excluding hydrogens is 819 g/mol. The monoisotopic (exact) mass is 938 g/mol. The van der Waals surface area contributed by atoms with Gasteiger partial charge >= 0.3 is 0 Å². The number of aliphatic hydroxyl groups excluding tert-OH is 2. The number of hydrogen-bond acceptors (Lipinski definition) is 3. The van der Waals surface area contributed by atoms with E-state index in [-0.39, 0.29) is 12.5 Å². The molecule has 0 aliphatic rings. The lowest BCUT2D eigenvalue weighted by Crippen LogP contribution is -2.45. The Balaban J connectivity index is 3.50. The number of carbonyl (C=O) groups excluding carboxylic acids is 1. The molecule has 0 heterocycles. The van der Waals surface area contributed by atoms with Gasteiger partial charge in [-0.05, 0) is 64.2 Å². The Labute approximate surface area is 420 Å². The summed E-state index contributed by atoms with van der Waals surface area (Å²) in [5.74, 6) is -0.0700. The average Bonchev–Trinajstić information content (AvgIpc) is 3.33. The van der Waals surface area contributed by atoms with Crippen LogP contribution in [0.3, 0.4) is 0 Å². The lowest BCUT2D eigenvalue weighted by atomic mass is 10.0. The number of unbranched alkanes of at least 4 members (excludes halogenated alkanes) is 43. The Morgan fingerprint density at radius 3 is 0.955 bits per heavy atom. The molecule has 394 valence electrons. The summed E-state index contributed by atoms with van der Waals surface area (Å²) < 4.78 is 0. The molecule has 0 aromatic rings. The molecule has 0 fully saturated rings. The van der Waals surface area contributed by atoms with Crippen LogP contribution in [0.2, 0.25) is 0 Å². The Bertz CT molecular complexity index is 1060. The van der Waals surface area contributed by atoms with E-state index >= 15 is 0 Å². The number of allylic oxidation sites excluding steroid dienone is 7. The van der Waals surface area contributed by atoms with Gasteiger partial charge in [0.25, 0.3) is 0 Å². The summed E-state index contributed by atoms with van der Waals surface area (Å²) in [5, 5.41) is 23.2. The van der Waals surface area contributed by atoms with Crippen molar-refractivity contribution < 1.29 is 15.0 Å². The van der Waals surface area contributed by atoms with Gasteiger partial charge in [-0.3, -0.25) is 4.79 Å². The fourth-order valence-corrected chi connectivity index (χ4v) is 9.41. The van der Waals surface area contributed by atoms with Gasteiger partial charge in [-0.15, -0.1) is 0 Å². The molecule has 0 aliphatic heterocycles. The van der Waals surface area contributed by atoms with E-state index < -0.39 is 12.1 Å². The van der Waals surface area contributed by atoms with Gasteiger partial charge in [-0.1, -0.05) is 306 Å². The highest BCUT2D eigenvalue weighted by Crippen LogP contribution is 2.17. The second kappa shape index (κ2) is 58.7. The predicted molar refractivity (Wildman–Crippen MR) is 299 cm³/mol. The maximum absolute atomic E-state index is 12.5. The van der Waals surface area contributed by atoms with Crippen LogP contribution in [0.25, 0.3) is 0 Å². The van der Waals surface area contributed by atoms with Gasteiger partial charge < -0.3 is 15.5 Å². The maximum Gasteiger partial charge on any atom is 0.220 e. The molecule has 2 unspecified atom stereocenters. The largest absolute Gasteiger partial charge is 0.394 e. The van der Waals surface area contributed by atoms with E-state index in [1.807, 2.05) is 6.08 Å². The van der Waals surface area contributed by atoms with Crippen molar-refractivity contribution in [3.8, 4) is 0 Å². The Morgan fingerprint density at radius 1 is 0.358 bits per heavy atom. The van der Waals surface area contributed by atoms with Gasteiger partial charge in [0.15, 0.2) is 0 Å². The van der Waals surface area contributed by atoms with Crippen LogP contribution in [-0.4, -0.2) is 34.9 Å². The van der Waals surface area contributed by atoms with E-state index in [0.29, 0.717) is 6.42 Å². The molecule has 0 rings (SSSR count). The Hall–Kier alpha value is -1.65. The lowest BCUT2D eigenvalue weighted by Gasteiger charge is -2.19. The Kier molecular flexibility index (Phi) is 57.2. The molecule has 0 saturated heterocycles. The number of aliphatic hydroxyl groups is 2. The highest BCUT2D eigenvalue weighted by atomic mass is 16.3. The van der Waals surface area contributed by atoms with Gasteiger partial charge in [0.05, 0.1) is 18.8 Å². The molecule has 2 atom stereocenters. The first-order valence-corrected chi connectivity index (χ1v) is 30.4. The van der Waals surface area contributed by atoms with Crippen molar-refractivity contribution in [2.45, 2.75) is 341 Å². The number of amides is 1. The third-order valence-corrected chi connectivity index (χ3v) is 14.0. The first kappa shape index (κ1) is 65.3. The van der Waals surface area contributed by atoms with E-state index in [9.17, 15) is 15.0 Å². The number of rotatable bonds is 56. The van der Waals surface area contributed by atoms with Crippen LogP contribution < -0.4 is 5.32 Å². The normalized spacial score (nSPS) is 13.1. The molecule has 0 saturated carbocycles. The van der Waals surface area contributed by atoms with Crippen LogP contribution >= 0.6 is 0 Å². The van der Waals surface area contributed by atoms with Crippen LogP contribution in [0, 0.1) is 0 Å². The third kappa shape index (κ3) is 55.2. The molecule has 1 amide bonds. The van der Waals surface area contributed by atoms with Crippen LogP contribution in [0.15, 0.2) is 48.6 Å². The quantitative estimate of drug-likeness (QED) is 0.0420. The van der Waals surface area contributed by atoms with Gasteiger partial charge in [-0.25, -0.2) is 0 Å². The van der Waals surface area contributed by atoms with Crippen molar-refractivity contribution >= 4 is 5.91 Å². The minimum Gasteiger partial charge on any atom is -0.394 e. The highest BCUT2D eigenvalue weighted by Gasteiger charge is 2.18. The van der Waals surface area contributed by atoms with Gasteiger partial charge in [0, 0.05) is 6.42 Å². The fourth-order valence-electron chi connectivity index (χ4n) is 9.41. The molecule has 0 spiro atoms. The summed E-state index contributed by atoms with van der Waals surface area (Å²) in [7, 11) is 0. The summed E-state index contributed by atoms with van der Waals surface area (Å²) in [4.78, 5) is 12.5. The van der Waals surface area contributed by atoms with E-state index in [1.165, 1.54) is 270 Å². The molecule has 0 aliphatic carbocycles. The number of carbonyl (C=O) groups is 1. The summed E-state index contributed by atoms with van der Waals surface area (Å²) in [6, 6.07) is -0.641. The third-order valence-electron chi connectivity index (χ3n) is 14.0. The second-order valence-corrected chi connectivity index (χ2v) is 20.8. The van der Waals surface area contributed by atoms with Crippen molar-refractivity contribution in [2.75, 3.05) is 6.61 Å². The molecule has 0 aromatic heterocycles. The van der Waals surface area contributed by atoms with Crippen molar-refractivity contribution in [2.24, 2.45) is 0 Å². The summed E-state index contributed by atoms with van der Waals surface area (Å²) >= 11 is 0. The summed E-state index contributed by atoms with van der Waals surface area (Å²) in [6.07, 6.45) is 81.5. The topological polar surface area (TPSA) is 69.6 Å². The first-order valence-electron chi connectivity index (χ1n) is 30.4. The fraction of sp³-hybridized carbons (Fsp3) is 0.857. The standard InChI is InChI=1S/C63H119NO3/c1-3-5-7-9-11-13-15-17-19-21-23-25-27-29-30-31-32-33-34-35-37-39-41-43-45-47-49-51-53-55-57-59-63(67)64-61(60-65)62(66)58-56-54-52-50-48-46-44-42-40-38-36-28-26-24-22-20-18-16-14-12-10-8-6-4-2/h23,25,29-30,48,50,56,58,61-62,65-66H,3-22,24,26-28,31-47,49,51-55,57,59-60H2,1-2H3,(H,64,67)/b25-23-,30-29-,50-48+,58-56+.